The number of nitrogens with one attached hydrogen (secondary N) is 1. The Balaban J connectivity index is 1.79. The molecule has 8 nitrogen and oxygen atoms in total. The molecule has 2 heterocycles. The molecule has 2 aromatic rings. The average molecular weight is 330 g/mol. The molecule has 9 heteroatoms. The highest BCUT2D eigenvalue weighted by molar-refractivity contribution is 5.89. The zero-order valence-corrected chi connectivity index (χ0v) is 12.9. The van der Waals surface area contributed by atoms with Crippen LogP contribution < -0.4 is 5.32 Å². The van der Waals surface area contributed by atoms with Gasteiger partial charge in [-0.15, -0.1) is 5.10 Å². The number of anilines is 1. The van der Waals surface area contributed by atoms with Crippen LogP contribution in [-0.4, -0.2) is 37.1 Å². The minimum absolute atomic E-state index is 0.135. The van der Waals surface area contributed by atoms with Crippen molar-refractivity contribution in [1.29, 1.82) is 5.26 Å². The molecule has 0 bridgehead atoms. The maximum Gasteiger partial charge on any atom is 0.322 e. The molecule has 2 amide bonds. The number of hydrogen-bond acceptors (Lipinski definition) is 5. The third-order valence-corrected chi connectivity index (χ3v) is 3.96. The van der Waals surface area contributed by atoms with Gasteiger partial charge in [0.1, 0.15) is 17.6 Å². The van der Waals surface area contributed by atoms with E-state index in [1.54, 1.807) is 15.7 Å². The lowest BCUT2D eigenvalue weighted by molar-refractivity contribution is 0.159. The standard InChI is InChI=1S/C15H15FN6O2/c1-9-6-22-14(13(8-23)19-20-22)7-21(9)15(24)18-11-2-3-12(16)10(4-11)5-17/h2-4,9,23H,6-8H2,1H3,(H,18,24)/t9-/m0/s1. The number of halogens is 1. The molecule has 0 unspecified atom stereocenters. The van der Waals surface area contributed by atoms with Gasteiger partial charge >= 0.3 is 6.03 Å². The van der Waals surface area contributed by atoms with E-state index in [1.165, 1.54) is 12.1 Å². The number of fused-ring (bicyclic) bond motifs is 1. The van der Waals surface area contributed by atoms with Crippen LogP contribution >= 0.6 is 0 Å². The van der Waals surface area contributed by atoms with Crippen molar-refractivity contribution in [2.24, 2.45) is 0 Å². The molecule has 124 valence electrons. The first-order valence-corrected chi connectivity index (χ1v) is 7.33. The minimum Gasteiger partial charge on any atom is -0.390 e. The van der Waals surface area contributed by atoms with Crippen molar-refractivity contribution in [3.8, 4) is 6.07 Å². The maximum absolute atomic E-state index is 13.4. The summed E-state index contributed by atoms with van der Waals surface area (Å²) in [5.41, 5.74) is 1.32. The van der Waals surface area contributed by atoms with E-state index in [0.717, 1.165) is 6.07 Å². The van der Waals surface area contributed by atoms with Gasteiger partial charge in [0, 0.05) is 5.69 Å². The quantitative estimate of drug-likeness (QED) is 0.861. The predicted octanol–water partition coefficient (Wildman–Crippen LogP) is 1.22. The van der Waals surface area contributed by atoms with Crippen molar-refractivity contribution in [3.05, 3.63) is 41.0 Å². The van der Waals surface area contributed by atoms with E-state index in [1.807, 2.05) is 6.92 Å². The fourth-order valence-corrected chi connectivity index (χ4v) is 2.63. The molecule has 0 spiro atoms. The van der Waals surface area contributed by atoms with Gasteiger partial charge in [0.2, 0.25) is 0 Å². The molecule has 24 heavy (non-hydrogen) atoms. The van der Waals surface area contributed by atoms with Gasteiger partial charge < -0.3 is 15.3 Å². The molecule has 0 radical (unpaired) electrons. The number of carbonyl (C=O) groups is 1. The van der Waals surface area contributed by atoms with Crippen LogP contribution in [0.4, 0.5) is 14.9 Å². The summed E-state index contributed by atoms with van der Waals surface area (Å²) in [6, 6.07) is 5.03. The van der Waals surface area contributed by atoms with Gasteiger partial charge in [0.25, 0.3) is 0 Å². The van der Waals surface area contributed by atoms with Crippen LogP contribution in [0, 0.1) is 17.1 Å². The zero-order chi connectivity index (χ0) is 17.3. The number of rotatable bonds is 2. The van der Waals surface area contributed by atoms with Crippen molar-refractivity contribution in [1.82, 2.24) is 19.9 Å². The van der Waals surface area contributed by atoms with Crippen molar-refractivity contribution in [3.63, 3.8) is 0 Å². The summed E-state index contributed by atoms with van der Waals surface area (Å²) in [7, 11) is 0. The highest BCUT2D eigenvalue weighted by Crippen LogP contribution is 2.21. The Morgan fingerprint density at radius 3 is 3.08 bits per heavy atom. The number of urea groups is 1. The molecule has 1 aliphatic heterocycles. The normalized spacial score (nSPS) is 16.4. The summed E-state index contributed by atoms with van der Waals surface area (Å²) in [6.45, 7) is 2.33. The van der Waals surface area contributed by atoms with E-state index < -0.39 is 5.82 Å². The van der Waals surface area contributed by atoms with Gasteiger partial charge in [0.15, 0.2) is 0 Å². The van der Waals surface area contributed by atoms with Crippen molar-refractivity contribution in [2.45, 2.75) is 32.7 Å². The number of nitrogens with zero attached hydrogens (tertiary/aromatic N) is 5. The van der Waals surface area contributed by atoms with Gasteiger partial charge in [-0.1, -0.05) is 5.21 Å². The number of aliphatic hydroxyl groups is 1. The Hall–Kier alpha value is -2.99. The highest BCUT2D eigenvalue weighted by Gasteiger charge is 2.30. The summed E-state index contributed by atoms with van der Waals surface area (Å²) >= 11 is 0. The van der Waals surface area contributed by atoms with Crippen LogP contribution in [0.15, 0.2) is 18.2 Å². The summed E-state index contributed by atoms with van der Waals surface area (Å²) in [5, 5.41) is 28.7. The van der Waals surface area contributed by atoms with E-state index in [-0.39, 0.29) is 30.8 Å². The van der Waals surface area contributed by atoms with Crippen LogP contribution in [-0.2, 0) is 19.7 Å². The molecule has 3 rings (SSSR count). The molecule has 1 aromatic heterocycles. The Kier molecular flexibility index (Phi) is 4.14. The second-order valence-corrected chi connectivity index (χ2v) is 5.54. The van der Waals surface area contributed by atoms with E-state index >= 15 is 0 Å². The number of benzene rings is 1. The smallest absolute Gasteiger partial charge is 0.322 e. The van der Waals surface area contributed by atoms with Crippen molar-refractivity contribution >= 4 is 11.7 Å². The number of carbonyl (C=O) groups excluding carboxylic acids is 1. The maximum atomic E-state index is 13.4. The molecule has 0 saturated heterocycles. The average Bonchev–Trinajstić information content (AvgIpc) is 2.97. The van der Waals surface area contributed by atoms with Crippen LogP contribution in [0.2, 0.25) is 0 Å². The van der Waals surface area contributed by atoms with Crippen molar-refractivity contribution < 1.29 is 14.3 Å². The van der Waals surface area contributed by atoms with Crippen molar-refractivity contribution in [2.75, 3.05) is 5.32 Å². The summed E-state index contributed by atoms with van der Waals surface area (Å²) in [4.78, 5) is 14.1. The van der Waals surface area contributed by atoms with Crippen LogP contribution in [0.25, 0.3) is 0 Å². The number of hydrogen-bond donors (Lipinski definition) is 2. The van der Waals surface area contributed by atoms with E-state index in [9.17, 15) is 14.3 Å². The first-order valence-electron chi connectivity index (χ1n) is 7.33. The second kappa shape index (κ2) is 6.25. The predicted molar refractivity (Wildman–Crippen MR) is 81.1 cm³/mol. The number of aromatic nitrogens is 3. The van der Waals surface area contributed by atoms with E-state index in [0.29, 0.717) is 23.6 Å². The first-order chi connectivity index (χ1) is 11.5. The van der Waals surface area contributed by atoms with Crippen LogP contribution in [0.1, 0.15) is 23.9 Å². The highest BCUT2D eigenvalue weighted by atomic mass is 19.1. The van der Waals surface area contributed by atoms with Crippen LogP contribution in [0.3, 0.4) is 0 Å². The Bertz CT molecular complexity index is 828. The third kappa shape index (κ3) is 2.79. The number of nitriles is 1. The Morgan fingerprint density at radius 1 is 1.58 bits per heavy atom. The van der Waals surface area contributed by atoms with Gasteiger partial charge in [-0.3, -0.25) is 0 Å². The Morgan fingerprint density at radius 2 is 2.38 bits per heavy atom. The fourth-order valence-electron chi connectivity index (χ4n) is 2.63. The van der Waals surface area contributed by atoms with Gasteiger partial charge in [-0.2, -0.15) is 5.26 Å². The SMILES string of the molecule is C[C@H]1Cn2nnc(CO)c2CN1C(=O)Nc1ccc(F)c(C#N)c1. The third-order valence-electron chi connectivity index (χ3n) is 3.96. The molecular weight excluding hydrogens is 315 g/mol. The molecule has 0 saturated carbocycles. The lowest BCUT2D eigenvalue weighted by Crippen LogP contribution is -2.47. The number of amides is 2. The summed E-state index contributed by atoms with van der Waals surface area (Å²) in [5.74, 6) is -0.635. The fraction of sp³-hybridized carbons (Fsp3) is 0.333. The summed E-state index contributed by atoms with van der Waals surface area (Å²) in [6.07, 6.45) is 0. The molecule has 0 aliphatic carbocycles. The van der Waals surface area contributed by atoms with Gasteiger partial charge in [0.05, 0.1) is 37.0 Å². The Labute approximate surface area is 137 Å². The minimum atomic E-state index is -0.635. The largest absolute Gasteiger partial charge is 0.390 e. The van der Waals surface area contributed by atoms with Gasteiger partial charge in [-0.25, -0.2) is 13.9 Å². The molecule has 1 atom stereocenters. The molecule has 1 aliphatic rings. The zero-order valence-electron chi connectivity index (χ0n) is 12.9. The lowest BCUT2D eigenvalue weighted by atomic mass is 10.1. The second-order valence-electron chi connectivity index (χ2n) is 5.54. The molecular formula is C15H15FN6O2. The first kappa shape index (κ1) is 15.9. The topological polar surface area (TPSA) is 107 Å². The van der Waals surface area contributed by atoms with E-state index in [4.69, 9.17) is 5.26 Å². The lowest BCUT2D eigenvalue weighted by Gasteiger charge is -2.33. The van der Waals surface area contributed by atoms with Gasteiger partial charge in [-0.05, 0) is 25.1 Å². The monoisotopic (exact) mass is 330 g/mol. The van der Waals surface area contributed by atoms with E-state index in [2.05, 4.69) is 15.6 Å². The molecule has 0 fully saturated rings. The molecule has 1 aromatic carbocycles. The molecule has 2 N–H and O–H groups in total. The number of aliphatic hydroxyl groups excluding tert-OH is 1. The van der Waals surface area contributed by atoms with Crippen LogP contribution in [0.5, 0.6) is 0 Å². The summed E-state index contributed by atoms with van der Waals surface area (Å²) < 4.78 is 15.0.